The van der Waals surface area contributed by atoms with E-state index in [0.717, 1.165) is 30.6 Å². The summed E-state index contributed by atoms with van der Waals surface area (Å²) in [5.74, 6) is 0.720. The van der Waals surface area contributed by atoms with E-state index in [1.165, 1.54) is 4.88 Å². The lowest BCUT2D eigenvalue weighted by Gasteiger charge is -2.16. The predicted octanol–water partition coefficient (Wildman–Crippen LogP) is 4.10. The summed E-state index contributed by atoms with van der Waals surface area (Å²) in [5.41, 5.74) is 1.79. The lowest BCUT2D eigenvalue weighted by atomic mass is 10.1. The van der Waals surface area contributed by atoms with E-state index < -0.39 is 0 Å². The van der Waals surface area contributed by atoms with E-state index in [1.807, 2.05) is 19.2 Å². The molecule has 1 aliphatic carbocycles. The summed E-state index contributed by atoms with van der Waals surface area (Å²) in [7, 11) is 1.96. The molecule has 2 aromatic rings. The molecule has 1 N–H and O–H groups in total. The van der Waals surface area contributed by atoms with E-state index >= 15 is 0 Å². The van der Waals surface area contributed by atoms with E-state index in [0.29, 0.717) is 41.7 Å². The van der Waals surface area contributed by atoms with E-state index in [1.54, 1.807) is 23.5 Å². The van der Waals surface area contributed by atoms with Crippen LogP contribution in [0.5, 0.6) is 5.75 Å². The summed E-state index contributed by atoms with van der Waals surface area (Å²) in [6.07, 6.45) is 3.44. The van der Waals surface area contributed by atoms with Crippen LogP contribution >= 0.6 is 22.9 Å². The van der Waals surface area contributed by atoms with Crippen molar-refractivity contribution in [2.45, 2.75) is 25.7 Å². The van der Waals surface area contributed by atoms with E-state index in [-0.39, 0.29) is 5.91 Å². The van der Waals surface area contributed by atoms with Gasteiger partial charge in [-0.3, -0.25) is 4.79 Å². The van der Waals surface area contributed by atoms with Gasteiger partial charge in [-0.25, -0.2) is 0 Å². The Hall–Kier alpha value is -2.07. The number of hydrogen-bond donors (Lipinski definition) is 1. The molecule has 0 saturated carbocycles. The zero-order chi connectivity index (χ0) is 19.2. The molecule has 7 heteroatoms. The highest BCUT2D eigenvalue weighted by molar-refractivity contribution is 7.16. The van der Waals surface area contributed by atoms with Crippen LogP contribution in [0.2, 0.25) is 5.02 Å². The standard InChI is InChI=1S/C20H22ClN3O2S/c1-24(11-12-26-15-7-5-14(21)6-8-15)10-9-19(25)23-20-17(13-22)16-3-2-4-18(16)27-20/h5-8H,2-4,9-12H2,1H3,(H,23,25). The van der Waals surface area contributed by atoms with Crippen molar-refractivity contribution in [3.05, 3.63) is 45.3 Å². The first kappa shape index (κ1) is 19.7. The highest BCUT2D eigenvalue weighted by Crippen LogP contribution is 2.38. The quantitative estimate of drug-likeness (QED) is 0.720. The van der Waals surface area contributed by atoms with Crippen molar-refractivity contribution in [2.75, 3.05) is 32.1 Å². The Kier molecular flexibility index (Phi) is 6.73. The topological polar surface area (TPSA) is 65.4 Å². The fraction of sp³-hybridized carbons (Fsp3) is 0.400. The molecule has 0 spiro atoms. The SMILES string of the molecule is CN(CCOc1ccc(Cl)cc1)CCC(=O)Nc1sc2c(c1C#N)CCC2. The Morgan fingerprint density at radius 1 is 1.33 bits per heavy atom. The molecule has 3 rings (SSSR count). The van der Waals surface area contributed by atoms with Gasteiger partial charge in [-0.1, -0.05) is 11.6 Å². The third kappa shape index (κ3) is 5.23. The number of thiophene rings is 1. The highest BCUT2D eigenvalue weighted by Gasteiger charge is 2.23. The number of nitrogens with zero attached hydrogens (tertiary/aromatic N) is 2. The van der Waals surface area contributed by atoms with Crippen LogP contribution in [-0.4, -0.2) is 37.6 Å². The molecule has 0 fully saturated rings. The molecule has 0 aliphatic heterocycles. The second-order valence-corrected chi connectivity index (χ2v) is 8.12. The molecule has 0 unspecified atom stereocenters. The molecular formula is C20H22ClN3O2S. The van der Waals surface area contributed by atoms with Crippen molar-refractivity contribution < 1.29 is 9.53 Å². The highest BCUT2D eigenvalue weighted by atomic mass is 35.5. The molecule has 0 atom stereocenters. The number of aryl methyl sites for hydroxylation is 1. The van der Waals surface area contributed by atoms with Gasteiger partial charge >= 0.3 is 0 Å². The first-order chi connectivity index (χ1) is 13.1. The number of halogens is 1. The molecule has 142 valence electrons. The predicted molar refractivity (Wildman–Crippen MR) is 109 cm³/mol. The van der Waals surface area contributed by atoms with E-state index in [9.17, 15) is 10.1 Å². The van der Waals surface area contributed by atoms with Crippen molar-refractivity contribution in [1.29, 1.82) is 5.26 Å². The molecule has 1 aromatic heterocycles. The Balaban J connectivity index is 1.40. The van der Waals surface area contributed by atoms with Gasteiger partial charge in [-0.15, -0.1) is 11.3 Å². The number of hydrogen-bond acceptors (Lipinski definition) is 5. The average molecular weight is 404 g/mol. The summed E-state index contributed by atoms with van der Waals surface area (Å²) in [5, 5.41) is 13.7. The minimum Gasteiger partial charge on any atom is -0.492 e. The summed E-state index contributed by atoms with van der Waals surface area (Å²) in [6, 6.07) is 9.51. The van der Waals surface area contributed by atoms with Crippen LogP contribution in [-0.2, 0) is 17.6 Å². The molecule has 5 nitrogen and oxygen atoms in total. The summed E-state index contributed by atoms with van der Waals surface area (Å²) in [4.78, 5) is 15.6. The van der Waals surface area contributed by atoms with Crippen LogP contribution in [0, 0.1) is 11.3 Å². The van der Waals surface area contributed by atoms with Crippen LogP contribution in [0.3, 0.4) is 0 Å². The summed E-state index contributed by atoms with van der Waals surface area (Å²) in [6.45, 7) is 1.88. The molecule has 0 saturated heterocycles. The van der Waals surface area contributed by atoms with Gasteiger partial charge in [0.2, 0.25) is 5.91 Å². The van der Waals surface area contributed by atoms with Crippen molar-refractivity contribution >= 4 is 33.8 Å². The smallest absolute Gasteiger partial charge is 0.226 e. The maximum absolute atomic E-state index is 12.3. The van der Waals surface area contributed by atoms with Gasteiger partial charge in [0.1, 0.15) is 23.4 Å². The molecular weight excluding hydrogens is 382 g/mol. The van der Waals surface area contributed by atoms with Crippen molar-refractivity contribution in [3.63, 3.8) is 0 Å². The first-order valence-electron chi connectivity index (χ1n) is 8.98. The Morgan fingerprint density at radius 3 is 2.85 bits per heavy atom. The van der Waals surface area contributed by atoms with Crippen molar-refractivity contribution in [1.82, 2.24) is 4.90 Å². The largest absolute Gasteiger partial charge is 0.492 e. The van der Waals surface area contributed by atoms with E-state index in [4.69, 9.17) is 16.3 Å². The number of rotatable bonds is 8. The Bertz CT molecular complexity index is 842. The molecule has 1 heterocycles. The fourth-order valence-corrected chi connectivity index (χ4v) is 4.44. The molecule has 1 aromatic carbocycles. The molecule has 0 radical (unpaired) electrons. The third-order valence-corrected chi connectivity index (χ3v) is 6.02. The summed E-state index contributed by atoms with van der Waals surface area (Å²) >= 11 is 7.40. The maximum Gasteiger partial charge on any atom is 0.226 e. The van der Waals surface area contributed by atoms with Crippen LogP contribution < -0.4 is 10.1 Å². The van der Waals surface area contributed by atoms with Crippen molar-refractivity contribution in [3.8, 4) is 11.8 Å². The van der Waals surface area contributed by atoms with Crippen LogP contribution in [0.25, 0.3) is 0 Å². The van der Waals surface area contributed by atoms with Gasteiger partial charge in [-0.2, -0.15) is 5.26 Å². The number of anilines is 1. The van der Waals surface area contributed by atoms with Crippen LogP contribution in [0.15, 0.2) is 24.3 Å². The zero-order valence-corrected chi connectivity index (χ0v) is 16.8. The number of nitrogens with one attached hydrogen (secondary N) is 1. The van der Waals surface area contributed by atoms with Gasteiger partial charge in [0, 0.05) is 29.4 Å². The number of carbonyl (C=O) groups is 1. The lowest BCUT2D eigenvalue weighted by molar-refractivity contribution is -0.116. The number of likely N-dealkylation sites (N-methyl/N-ethyl adjacent to an activating group) is 1. The number of nitriles is 1. The Morgan fingerprint density at radius 2 is 2.11 bits per heavy atom. The fourth-order valence-electron chi connectivity index (χ4n) is 3.05. The third-order valence-electron chi connectivity index (χ3n) is 4.56. The minimum atomic E-state index is -0.0584. The monoisotopic (exact) mass is 403 g/mol. The van der Waals surface area contributed by atoms with Gasteiger partial charge < -0.3 is 15.0 Å². The number of ether oxygens (including phenoxy) is 1. The maximum atomic E-state index is 12.3. The van der Waals surface area contributed by atoms with Crippen LogP contribution in [0.4, 0.5) is 5.00 Å². The zero-order valence-electron chi connectivity index (χ0n) is 15.3. The molecule has 1 amide bonds. The number of fused-ring (bicyclic) bond motifs is 1. The minimum absolute atomic E-state index is 0.0584. The van der Waals surface area contributed by atoms with Crippen molar-refractivity contribution in [2.24, 2.45) is 0 Å². The Labute approximate surface area is 168 Å². The second-order valence-electron chi connectivity index (χ2n) is 6.58. The van der Waals surface area contributed by atoms with Gasteiger partial charge in [-0.05, 0) is 56.1 Å². The molecule has 1 aliphatic rings. The molecule has 0 bridgehead atoms. The lowest BCUT2D eigenvalue weighted by Crippen LogP contribution is -2.28. The number of benzene rings is 1. The first-order valence-corrected chi connectivity index (χ1v) is 10.2. The number of carbonyl (C=O) groups excluding carboxylic acids is 1. The van der Waals surface area contributed by atoms with Gasteiger partial charge in [0.25, 0.3) is 0 Å². The van der Waals surface area contributed by atoms with Gasteiger partial charge in [0.15, 0.2) is 0 Å². The number of amides is 1. The molecule has 27 heavy (non-hydrogen) atoms. The van der Waals surface area contributed by atoms with E-state index in [2.05, 4.69) is 16.3 Å². The normalized spacial score (nSPS) is 12.7. The van der Waals surface area contributed by atoms with Crippen LogP contribution in [0.1, 0.15) is 28.8 Å². The summed E-state index contributed by atoms with van der Waals surface area (Å²) < 4.78 is 5.66. The van der Waals surface area contributed by atoms with Gasteiger partial charge in [0.05, 0.1) is 5.56 Å². The second kappa shape index (κ2) is 9.23. The average Bonchev–Trinajstić information content (AvgIpc) is 3.22.